The number of hydrogen-bond acceptors (Lipinski definition) is 1. The molecule has 266 valence electrons. The molecule has 3 nitrogen and oxygen atoms in total. The summed E-state index contributed by atoms with van der Waals surface area (Å²) in [5.41, 5.74) is 15.9. The van der Waals surface area contributed by atoms with E-state index in [4.69, 9.17) is 4.42 Å². The smallest absolute Gasteiger partial charge is 0.143 e. The Kier molecular flexibility index (Phi) is 6.93. The zero-order chi connectivity index (χ0) is 37.5. The second-order valence-corrected chi connectivity index (χ2v) is 14.9. The lowest BCUT2D eigenvalue weighted by molar-refractivity contribution is 0.670. The van der Waals surface area contributed by atoms with Crippen LogP contribution >= 0.6 is 0 Å². The summed E-state index contributed by atoms with van der Waals surface area (Å²) in [4.78, 5) is 0. The molecule has 0 N–H and O–H groups in total. The van der Waals surface area contributed by atoms with E-state index in [1.54, 1.807) is 0 Å². The highest BCUT2D eigenvalue weighted by atomic mass is 16.3. The van der Waals surface area contributed by atoms with Gasteiger partial charge in [-0.2, -0.15) is 0 Å². The van der Waals surface area contributed by atoms with E-state index >= 15 is 0 Å². The standard InChI is InChI=1S/C54H34N2O/c1-2-12-35(13-3-1)39-14-10-15-41(32-39)56-50-22-8-5-17-44(50)48-33-51-47(34-52(48)56)43-16-4-7-21-49(43)55(51)40-30-28-37(29-31-40)36-24-26-38(27-25-36)42-19-11-20-46-45-18-6-9-23-53(45)57-54(42)46/h1-34H. The maximum atomic E-state index is 6.34. The van der Waals surface area contributed by atoms with Crippen molar-refractivity contribution < 1.29 is 4.42 Å². The molecular weight excluding hydrogens is 693 g/mol. The largest absolute Gasteiger partial charge is 0.455 e. The Morgan fingerprint density at radius 1 is 0.281 bits per heavy atom. The van der Waals surface area contributed by atoms with Crippen LogP contribution < -0.4 is 0 Å². The SMILES string of the molecule is c1ccc(-c2cccc(-n3c4ccccc4c4cc5c(cc43)c3ccccc3n5-c3ccc(-c4ccc(-c5cccc6c5oc5ccccc56)cc4)cc3)c2)cc1. The van der Waals surface area contributed by atoms with Crippen molar-refractivity contribution in [1.82, 2.24) is 9.13 Å². The molecular formula is C54H34N2O. The van der Waals surface area contributed by atoms with Gasteiger partial charge in [0.15, 0.2) is 0 Å². The van der Waals surface area contributed by atoms with Crippen LogP contribution in [0.3, 0.4) is 0 Å². The summed E-state index contributed by atoms with van der Waals surface area (Å²) in [6.07, 6.45) is 0. The van der Waals surface area contributed by atoms with Gasteiger partial charge in [-0.25, -0.2) is 0 Å². The predicted octanol–water partition coefficient (Wildman–Crippen LogP) is 14.8. The maximum absolute atomic E-state index is 6.34. The lowest BCUT2D eigenvalue weighted by Crippen LogP contribution is -1.95. The highest BCUT2D eigenvalue weighted by molar-refractivity contribution is 6.19. The summed E-state index contributed by atoms with van der Waals surface area (Å²) < 4.78 is 11.2. The molecule has 3 aromatic heterocycles. The van der Waals surface area contributed by atoms with Gasteiger partial charge in [0.2, 0.25) is 0 Å². The number of rotatable bonds is 5. The molecule has 9 aromatic carbocycles. The van der Waals surface area contributed by atoms with Crippen LogP contribution in [-0.4, -0.2) is 9.13 Å². The lowest BCUT2D eigenvalue weighted by atomic mass is 9.98. The van der Waals surface area contributed by atoms with Gasteiger partial charge in [-0.15, -0.1) is 0 Å². The normalized spacial score (nSPS) is 11.9. The van der Waals surface area contributed by atoms with E-state index < -0.39 is 0 Å². The predicted molar refractivity (Wildman–Crippen MR) is 239 cm³/mol. The Labute approximate surface area is 328 Å². The number of fused-ring (bicyclic) bond motifs is 9. The number of nitrogens with zero attached hydrogens (tertiary/aromatic N) is 2. The molecule has 0 aliphatic carbocycles. The van der Waals surface area contributed by atoms with Crippen molar-refractivity contribution in [3.8, 4) is 44.8 Å². The van der Waals surface area contributed by atoms with Gasteiger partial charge in [0.25, 0.3) is 0 Å². The van der Waals surface area contributed by atoms with Crippen molar-refractivity contribution >= 4 is 65.6 Å². The first-order valence-corrected chi connectivity index (χ1v) is 19.5. The van der Waals surface area contributed by atoms with Crippen LogP contribution in [0.2, 0.25) is 0 Å². The summed E-state index contributed by atoms with van der Waals surface area (Å²) >= 11 is 0. The minimum Gasteiger partial charge on any atom is -0.455 e. The monoisotopic (exact) mass is 726 g/mol. The van der Waals surface area contributed by atoms with Gasteiger partial charge in [0.05, 0.1) is 22.1 Å². The number of para-hydroxylation sites is 4. The van der Waals surface area contributed by atoms with Crippen molar-refractivity contribution in [2.45, 2.75) is 0 Å². The molecule has 3 heteroatoms. The van der Waals surface area contributed by atoms with Crippen molar-refractivity contribution in [1.29, 1.82) is 0 Å². The Morgan fingerprint density at radius 3 is 1.49 bits per heavy atom. The van der Waals surface area contributed by atoms with Gasteiger partial charge >= 0.3 is 0 Å². The molecule has 0 unspecified atom stereocenters. The maximum Gasteiger partial charge on any atom is 0.143 e. The molecule has 3 heterocycles. The second-order valence-electron chi connectivity index (χ2n) is 14.9. The average molecular weight is 727 g/mol. The quantitative estimate of drug-likeness (QED) is 0.173. The number of benzene rings is 9. The van der Waals surface area contributed by atoms with Gasteiger partial charge in [-0.3, -0.25) is 0 Å². The minimum absolute atomic E-state index is 0.917. The molecule has 0 atom stereocenters. The van der Waals surface area contributed by atoms with Gasteiger partial charge in [0.1, 0.15) is 11.2 Å². The van der Waals surface area contributed by atoms with Crippen molar-refractivity contribution in [2.75, 3.05) is 0 Å². The molecule has 0 radical (unpaired) electrons. The first kappa shape index (κ1) is 31.7. The fourth-order valence-electron chi connectivity index (χ4n) is 9.06. The van der Waals surface area contributed by atoms with Crippen LogP contribution in [0.5, 0.6) is 0 Å². The average Bonchev–Trinajstić information content (AvgIpc) is 3.93. The first-order valence-electron chi connectivity index (χ1n) is 19.5. The molecule has 0 aliphatic rings. The summed E-state index contributed by atoms with van der Waals surface area (Å²) in [6, 6.07) is 74.4. The molecule has 12 rings (SSSR count). The third kappa shape index (κ3) is 4.92. The van der Waals surface area contributed by atoms with Crippen molar-refractivity contribution in [2.24, 2.45) is 0 Å². The lowest BCUT2D eigenvalue weighted by Gasteiger charge is -2.11. The molecule has 0 saturated heterocycles. The number of furan rings is 1. The number of aromatic nitrogens is 2. The Hall–Kier alpha value is -7.62. The second kappa shape index (κ2) is 12.5. The van der Waals surface area contributed by atoms with E-state index in [1.165, 1.54) is 65.9 Å². The zero-order valence-corrected chi connectivity index (χ0v) is 30.9. The van der Waals surface area contributed by atoms with Crippen LogP contribution in [0.15, 0.2) is 211 Å². The van der Waals surface area contributed by atoms with Gasteiger partial charge in [-0.1, -0.05) is 152 Å². The minimum atomic E-state index is 0.917. The number of hydrogen-bond donors (Lipinski definition) is 0. The van der Waals surface area contributed by atoms with E-state index in [-0.39, 0.29) is 0 Å². The topological polar surface area (TPSA) is 23.0 Å². The molecule has 0 spiro atoms. The Balaban J connectivity index is 0.963. The highest BCUT2D eigenvalue weighted by Crippen LogP contribution is 2.41. The first-order chi connectivity index (χ1) is 28.3. The summed E-state index contributed by atoms with van der Waals surface area (Å²) in [5.74, 6) is 0. The van der Waals surface area contributed by atoms with E-state index in [0.717, 1.165) is 44.4 Å². The molecule has 0 aliphatic heterocycles. The molecule has 57 heavy (non-hydrogen) atoms. The van der Waals surface area contributed by atoms with Crippen LogP contribution in [0.4, 0.5) is 0 Å². The Bertz CT molecular complexity index is 3490. The van der Waals surface area contributed by atoms with Crippen molar-refractivity contribution in [3.05, 3.63) is 206 Å². The molecule has 12 aromatic rings. The molecule has 0 amide bonds. The fourth-order valence-corrected chi connectivity index (χ4v) is 9.06. The van der Waals surface area contributed by atoms with Gasteiger partial charge in [-0.05, 0) is 82.4 Å². The molecule has 0 bridgehead atoms. The molecule has 0 saturated carbocycles. The summed E-state index contributed by atoms with van der Waals surface area (Å²) in [5, 5.41) is 7.25. The van der Waals surface area contributed by atoms with Crippen LogP contribution in [0, 0.1) is 0 Å². The third-order valence-corrected chi connectivity index (χ3v) is 11.7. The van der Waals surface area contributed by atoms with Crippen molar-refractivity contribution in [3.63, 3.8) is 0 Å². The third-order valence-electron chi connectivity index (χ3n) is 11.7. The highest BCUT2D eigenvalue weighted by Gasteiger charge is 2.19. The molecule has 0 fully saturated rings. The van der Waals surface area contributed by atoms with Crippen LogP contribution in [0.25, 0.3) is 110 Å². The van der Waals surface area contributed by atoms with E-state index in [9.17, 15) is 0 Å². The van der Waals surface area contributed by atoms with E-state index in [0.29, 0.717) is 0 Å². The summed E-state index contributed by atoms with van der Waals surface area (Å²) in [6.45, 7) is 0. The van der Waals surface area contributed by atoms with E-state index in [2.05, 4.69) is 203 Å². The van der Waals surface area contributed by atoms with Gasteiger partial charge < -0.3 is 13.6 Å². The van der Waals surface area contributed by atoms with E-state index in [1.807, 2.05) is 12.1 Å². The van der Waals surface area contributed by atoms with Gasteiger partial charge in [0, 0.05) is 49.3 Å². The summed E-state index contributed by atoms with van der Waals surface area (Å²) in [7, 11) is 0. The zero-order valence-electron chi connectivity index (χ0n) is 30.9. The van der Waals surface area contributed by atoms with Crippen LogP contribution in [-0.2, 0) is 0 Å². The van der Waals surface area contributed by atoms with Crippen LogP contribution in [0.1, 0.15) is 0 Å². The Morgan fingerprint density at radius 2 is 0.789 bits per heavy atom. The fraction of sp³-hybridized carbons (Fsp3) is 0.